The van der Waals surface area contributed by atoms with Crippen LogP contribution in [0.25, 0.3) is 0 Å². The number of unbranched alkanes of at least 4 members (excludes halogenated alkanes) is 1. The van der Waals surface area contributed by atoms with Crippen LogP contribution in [-0.2, 0) is 4.79 Å². The number of hydrogen-bond acceptors (Lipinski definition) is 2. The van der Waals surface area contributed by atoms with Crippen molar-refractivity contribution < 1.29 is 4.79 Å². The van der Waals surface area contributed by atoms with E-state index in [1.807, 2.05) is 18.7 Å². The highest BCUT2D eigenvalue weighted by molar-refractivity contribution is 5.76. The lowest BCUT2D eigenvalue weighted by atomic mass is 9.89. The lowest BCUT2D eigenvalue weighted by Crippen LogP contribution is -2.33. The fourth-order valence-electron chi connectivity index (χ4n) is 2.38. The standard InChI is InChI=1S/C15H26N2O/c1-15(2,13-16)10-6-8-12-17-11-7-4-3-5-9-14(17)18/h3-12H2,1-2H3. The van der Waals surface area contributed by atoms with Crippen LogP contribution in [0.15, 0.2) is 0 Å². The van der Waals surface area contributed by atoms with Crippen LogP contribution >= 0.6 is 0 Å². The maximum atomic E-state index is 11.9. The summed E-state index contributed by atoms with van der Waals surface area (Å²) in [4.78, 5) is 13.9. The molecular weight excluding hydrogens is 224 g/mol. The van der Waals surface area contributed by atoms with Gasteiger partial charge in [-0.15, -0.1) is 0 Å². The van der Waals surface area contributed by atoms with Crippen LogP contribution in [0.5, 0.6) is 0 Å². The summed E-state index contributed by atoms with van der Waals surface area (Å²) in [5.74, 6) is 0.328. The van der Waals surface area contributed by atoms with E-state index in [2.05, 4.69) is 6.07 Å². The van der Waals surface area contributed by atoms with Crippen LogP contribution in [0.3, 0.4) is 0 Å². The summed E-state index contributed by atoms with van der Waals surface area (Å²) < 4.78 is 0. The Hall–Kier alpha value is -1.04. The molecule has 1 saturated heterocycles. The molecule has 102 valence electrons. The third-order valence-corrected chi connectivity index (χ3v) is 3.70. The summed E-state index contributed by atoms with van der Waals surface area (Å²) in [7, 11) is 0. The van der Waals surface area contributed by atoms with Gasteiger partial charge in [-0.2, -0.15) is 5.26 Å². The van der Waals surface area contributed by atoms with Gasteiger partial charge in [0, 0.05) is 19.5 Å². The first-order valence-corrected chi connectivity index (χ1v) is 7.24. The maximum Gasteiger partial charge on any atom is 0.222 e. The second-order valence-electron chi connectivity index (χ2n) is 6.00. The Kier molecular flexibility index (Phi) is 6.18. The smallest absolute Gasteiger partial charge is 0.222 e. The number of nitrogens with zero attached hydrogens (tertiary/aromatic N) is 2. The molecule has 0 radical (unpaired) electrons. The number of carbonyl (C=O) groups is 1. The highest BCUT2D eigenvalue weighted by Crippen LogP contribution is 2.22. The Bertz CT molecular complexity index is 304. The van der Waals surface area contributed by atoms with E-state index in [1.54, 1.807) is 0 Å². The molecule has 0 bridgehead atoms. The minimum Gasteiger partial charge on any atom is -0.343 e. The number of hydrogen-bond donors (Lipinski definition) is 0. The Morgan fingerprint density at radius 1 is 1.22 bits per heavy atom. The number of nitriles is 1. The van der Waals surface area contributed by atoms with Crippen molar-refractivity contribution >= 4 is 5.91 Å². The van der Waals surface area contributed by atoms with Gasteiger partial charge in [0.1, 0.15) is 0 Å². The topological polar surface area (TPSA) is 44.1 Å². The molecule has 3 nitrogen and oxygen atoms in total. The van der Waals surface area contributed by atoms with E-state index >= 15 is 0 Å². The van der Waals surface area contributed by atoms with E-state index in [0.29, 0.717) is 5.91 Å². The van der Waals surface area contributed by atoms with Crippen LogP contribution < -0.4 is 0 Å². The molecule has 0 spiro atoms. The third-order valence-electron chi connectivity index (χ3n) is 3.70. The lowest BCUT2D eigenvalue weighted by molar-refractivity contribution is -0.131. The number of amides is 1. The second-order valence-corrected chi connectivity index (χ2v) is 6.00. The first-order chi connectivity index (χ1) is 8.55. The zero-order chi connectivity index (χ0) is 13.4. The summed E-state index contributed by atoms with van der Waals surface area (Å²) >= 11 is 0. The highest BCUT2D eigenvalue weighted by atomic mass is 16.2. The van der Waals surface area contributed by atoms with Crippen LogP contribution in [0.2, 0.25) is 0 Å². The predicted octanol–water partition coefficient (Wildman–Crippen LogP) is 3.50. The Labute approximate surface area is 111 Å². The SMILES string of the molecule is CC(C)(C#N)CCCCN1CCCCCCC1=O. The molecule has 0 aromatic heterocycles. The van der Waals surface area contributed by atoms with Crippen LogP contribution in [-0.4, -0.2) is 23.9 Å². The van der Waals surface area contributed by atoms with Crippen molar-refractivity contribution in [2.24, 2.45) is 5.41 Å². The van der Waals surface area contributed by atoms with Crippen molar-refractivity contribution in [2.45, 2.75) is 65.2 Å². The molecule has 1 amide bonds. The van der Waals surface area contributed by atoms with Gasteiger partial charge in [-0.1, -0.05) is 19.3 Å². The molecule has 3 heteroatoms. The van der Waals surface area contributed by atoms with Gasteiger partial charge in [0.15, 0.2) is 0 Å². The average molecular weight is 250 g/mol. The molecule has 0 atom stereocenters. The fourth-order valence-corrected chi connectivity index (χ4v) is 2.38. The average Bonchev–Trinajstić information content (AvgIpc) is 2.32. The number of likely N-dealkylation sites (tertiary alicyclic amines) is 1. The van der Waals surface area contributed by atoms with Gasteiger partial charge in [0.05, 0.1) is 11.5 Å². The molecule has 1 aliphatic heterocycles. The minimum absolute atomic E-state index is 0.222. The summed E-state index contributed by atoms with van der Waals surface area (Å²) in [5.41, 5.74) is -0.222. The van der Waals surface area contributed by atoms with Crippen molar-refractivity contribution in [3.8, 4) is 6.07 Å². The first-order valence-electron chi connectivity index (χ1n) is 7.24. The van der Waals surface area contributed by atoms with E-state index in [-0.39, 0.29) is 5.41 Å². The van der Waals surface area contributed by atoms with Crippen molar-refractivity contribution in [2.75, 3.05) is 13.1 Å². The van der Waals surface area contributed by atoms with Crippen molar-refractivity contribution in [1.29, 1.82) is 5.26 Å². The molecule has 0 N–H and O–H groups in total. The predicted molar refractivity (Wildman–Crippen MR) is 72.9 cm³/mol. The van der Waals surface area contributed by atoms with E-state index in [9.17, 15) is 4.79 Å². The number of carbonyl (C=O) groups excluding carboxylic acids is 1. The quantitative estimate of drug-likeness (QED) is 0.701. The van der Waals surface area contributed by atoms with E-state index in [4.69, 9.17) is 5.26 Å². The fraction of sp³-hybridized carbons (Fsp3) is 0.867. The largest absolute Gasteiger partial charge is 0.343 e. The zero-order valence-electron chi connectivity index (χ0n) is 11.9. The molecule has 0 aromatic carbocycles. The summed E-state index contributed by atoms with van der Waals surface area (Å²) in [5, 5.41) is 8.94. The van der Waals surface area contributed by atoms with Crippen molar-refractivity contribution in [3.05, 3.63) is 0 Å². The molecule has 0 saturated carbocycles. The van der Waals surface area contributed by atoms with E-state index < -0.39 is 0 Å². The van der Waals surface area contributed by atoms with Gasteiger partial charge < -0.3 is 4.90 Å². The Morgan fingerprint density at radius 2 is 1.94 bits per heavy atom. The van der Waals surface area contributed by atoms with E-state index in [0.717, 1.165) is 51.6 Å². The summed E-state index contributed by atoms with van der Waals surface area (Å²) in [6.45, 7) is 5.77. The summed E-state index contributed by atoms with van der Waals surface area (Å²) in [6, 6.07) is 2.33. The Balaban J connectivity index is 2.24. The zero-order valence-corrected chi connectivity index (χ0v) is 11.9. The molecule has 1 heterocycles. The lowest BCUT2D eigenvalue weighted by Gasteiger charge is -2.25. The van der Waals surface area contributed by atoms with Gasteiger partial charge in [0.2, 0.25) is 5.91 Å². The van der Waals surface area contributed by atoms with Gasteiger partial charge >= 0.3 is 0 Å². The molecule has 0 aliphatic carbocycles. The van der Waals surface area contributed by atoms with Gasteiger partial charge in [0.25, 0.3) is 0 Å². The van der Waals surface area contributed by atoms with Crippen molar-refractivity contribution in [3.63, 3.8) is 0 Å². The van der Waals surface area contributed by atoms with Gasteiger partial charge in [-0.25, -0.2) is 0 Å². The number of rotatable bonds is 5. The van der Waals surface area contributed by atoms with Crippen LogP contribution in [0, 0.1) is 16.7 Å². The summed E-state index contributed by atoms with van der Waals surface area (Å²) in [6.07, 6.45) is 8.36. The Morgan fingerprint density at radius 3 is 2.67 bits per heavy atom. The van der Waals surface area contributed by atoms with Crippen LogP contribution in [0.4, 0.5) is 0 Å². The maximum absolute atomic E-state index is 11.9. The second kappa shape index (κ2) is 7.41. The normalized spacial score (nSPS) is 18.1. The molecule has 1 fully saturated rings. The molecule has 0 unspecified atom stereocenters. The molecule has 18 heavy (non-hydrogen) atoms. The molecule has 1 aliphatic rings. The minimum atomic E-state index is -0.222. The highest BCUT2D eigenvalue weighted by Gasteiger charge is 2.17. The van der Waals surface area contributed by atoms with Gasteiger partial charge in [-0.3, -0.25) is 4.79 Å². The van der Waals surface area contributed by atoms with Gasteiger partial charge in [-0.05, 0) is 39.5 Å². The van der Waals surface area contributed by atoms with Crippen LogP contribution in [0.1, 0.15) is 65.2 Å². The van der Waals surface area contributed by atoms with E-state index in [1.165, 1.54) is 12.8 Å². The monoisotopic (exact) mass is 250 g/mol. The molecule has 0 aromatic rings. The third kappa shape index (κ3) is 5.53. The molecule has 1 rings (SSSR count). The first kappa shape index (κ1) is 15.0. The van der Waals surface area contributed by atoms with Crippen molar-refractivity contribution in [1.82, 2.24) is 4.90 Å². The molecular formula is C15H26N2O.